The number of ether oxygens (including phenoxy) is 2. The van der Waals surface area contributed by atoms with Gasteiger partial charge in [0.1, 0.15) is 11.5 Å². The Balaban J connectivity index is 1.83. The second-order valence-corrected chi connectivity index (χ2v) is 5.34. The molecule has 0 aliphatic carbocycles. The molecule has 0 unspecified atom stereocenters. The number of carbonyl (C=O) groups is 2. The molecule has 0 aliphatic rings. The van der Waals surface area contributed by atoms with Crippen LogP contribution in [-0.4, -0.2) is 30.2 Å². The third-order valence-corrected chi connectivity index (χ3v) is 3.34. The fraction of sp³-hybridized carbons (Fsp3) is 0.263. The second-order valence-electron chi connectivity index (χ2n) is 5.34. The highest BCUT2D eigenvalue weighted by molar-refractivity contribution is 5.91. The summed E-state index contributed by atoms with van der Waals surface area (Å²) in [7, 11) is 0. The van der Waals surface area contributed by atoms with Gasteiger partial charge in [-0.2, -0.15) is 0 Å². The highest BCUT2D eigenvalue weighted by Gasteiger charge is 2.06. The summed E-state index contributed by atoms with van der Waals surface area (Å²) in [5.41, 5.74) is 1.47. The van der Waals surface area contributed by atoms with Crippen LogP contribution in [0.25, 0.3) is 0 Å². The lowest BCUT2D eigenvalue weighted by atomic mass is 10.1. The first-order chi connectivity index (χ1) is 12.1. The molecule has 1 amide bonds. The standard InChI is InChI=1S/C19H21NO5/c1-2-24-16-7-9-17(10-8-16)25-13-18(21)20-15-5-3-4-14(12-15)6-11-19(22)23/h3-5,7-10,12H,2,6,11,13H2,1H3,(H,20,21)(H,22,23). The lowest BCUT2D eigenvalue weighted by Gasteiger charge is -2.09. The van der Waals surface area contributed by atoms with Gasteiger partial charge in [0.2, 0.25) is 0 Å². The molecule has 25 heavy (non-hydrogen) atoms. The van der Waals surface area contributed by atoms with E-state index in [1.165, 1.54) is 0 Å². The first kappa shape index (κ1) is 18.3. The first-order valence-electron chi connectivity index (χ1n) is 8.03. The zero-order chi connectivity index (χ0) is 18.1. The molecule has 0 atom stereocenters. The van der Waals surface area contributed by atoms with Crippen molar-refractivity contribution in [1.29, 1.82) is 0 Å². The average Bonchev–Trinajstić information content (AvgIpc) is 2.60. The minimum Gasteiger partial charge on any atom is -0.494 e. The van der Waals surface area contributed by atoms with E-state index in [-0.39, 0.29) is 18.9 Å². The molecule has 0 fully saturated rings. The van der Waals surface area contributed by atoms with E-state index in [0.717, 1.165) is 11.3 Å². The summed E-state index contributed by atoms with van der Waals surface area (Å²) >= 11 is 0. The molecular formula is C19H21NO5. The third-order valence-electron chi connectivity index (χ3n) is 3.34. The zero-order valence-corrected chi connectivity index (χ0v) is 14.0. The Bertz CT molecular complexity index is 712. The summed E-state index contributed by atoms with van der Waals surface area (Å²) in [6.07, 6.45) is 0.472. The van der Waals surface area contributed by atoms with E-state index in [1.807, 2.05) is 13.0 Å². The minimum atomic E-state index is -0.849. The Kier molecular flexibility index (Phi) is 6.83. The van der Waals surface area contributed by atoms with Crippen LogP contribution in [0.5, 0.6) is 11.5 Å². The number of amides is 1. The molecule has 132 valence electrons. The van der Waals surface area contributed by atoms with Gasteiger partial charge in [-0.15, -0.1) is 0 Å². The van der Waals surface area contributed by atoms with E-state index in [4.69, 9.17) is 14.6 Å². The van der Waals surface area contributed by atoms with Crippen molar-refractivity contribution in [1.82, 2.24) is 0 Å². The molecule has 0 bridgehead atoms. The number of carboxylic acids is 1. The van der Waals surface area contributed by atoms with Gasteiger partial charge in [0, 0.05) is 12.1 Å². The first-order valence-corrected chi connectivity index (χ1v) is 8.03. The molecule has 6 nitrogen and oxygen atoms in total. The molecule has 0 saturated carbocycles. The highest BCUT2D eigenvalue weighted by atomic mass is 16.5. The normalized spacial score (nSPS) is 10.1. The van der Waals surface area contributed by atoms with Crippen molar-refractivity contribution < 1.29 is 24.2 Å². The van der Waals surface area contributed by atoms with Gasteiger partial charge >= 0.3 is 5.97 Å². The lowest BCUT2D eigenvalue weighted by Crippen LogP contribution is -2.20. The van der Waals surface area contributed by atoms with E-state index in [0.29, 0.717) is 24.5 Å². The van der Waals surface area contributed by atoms with Crippen LogP contribution in [0.3, 0.4) is 0 Å². The largest absolute Gasteiger partial charge is 0.494 e. The molecule has 0 saturated heterocycles. The maximum atomic E-state index is 12.0. The quantitative estimate of drug-likeness (QED) is 0.731. The molecule has 2 rings (SSSR count). The van der Waals surface area contributed by atoms with Crippen molar-refractivity contribution in [2.45, 2.75) is 19.8 Å². The van der Waals surface area contributed by atoms with Crippen LogP contribution in [0, 0.1) is 0 Å². The van der Waals surface area contributed by atoms with Crippen molar-refractivity contribution in [3.8, 4) is 11.5 Å². The van der Waals surface area contributed by atoms with Gasteiger partial charge in [-0.3, -0.25) is 9.59 Å². The smallest absolute Gasteiger partial charge is 0.303 e. The monoisotopic (exact) mass is 343 g/mol. The second kappa shape index (κ2) is 9.32. The van der Waals surface area contributed by atoms with E-state index < -0.39 is 5.97 Å². The summed E-state index contributed by atoms with van der Waals surface area (Å²) in [5.74, 6) is 0.189. The topological polar surface area (TPSA) is 84.9 Å². The number of aryl methyl sites for hydroxylation is 1. The number of rotatable bonds is 9. The van der Waals surface area contributed by atoms with Crippen LogP contribution in [0.4, 0.5) is 5.69 Å². The molecule has 2 aromatic rings. The van der Waals surface area contributed by atoms with Gasteiger partial charge in [0.05, 0.1) is 6.61 Å². The molecule has 0 aliphatic heterocycles. The number of hydrogen-bond acceptors (Lipinski definition) is 4. The van der Waals surface area contributed by atoms with Gasteiger partial charge in [0.25, 0.3) is 5.91 Å². The van der Waals surface area contributed by atoms with E-state index in [2.05, 4.69) is 5.32 Å². The molecule has 2 N–H and O–H groups in total. The highest BCUT2D eigenvalue weighted by Crippen LogP contribution is 2.17. The predicted molar refractivity (Wildman–Crippen MR) is 94.1 cm³/mol. The fourth-order valence-electron chi connectivity index (χ4n) is 2.20. The number of carbonyl (C=O) groups excluding carboxylic acids is 1. The third kappa shape index (κ3) is 6.55. The molecule has 0 heterocycles. The molecule has 0 radical (unpaired) electrons. The van der Waals surface area contributed by atoms with Crippen molar-refractivity contribution in [3.63, 3.8) is 0 Å². The van der Waals surface area contributed by atoms with Crippen LogP contribution >= 0.6 is 0 Å². The zero-order valence-electron chi connectivity index (χ0n) is 14.0. The number of benzene rings is 2. The van der Waals surface area contributed by atoms with Crippen molar-refractivity contribution in [2.75, 3.05) is 18.5 Å². The van der Waals surface area contributed by atoms with Gasteiger partial charge in [-0.1, -0.05) is 12.1 Å². The molecule has 0 spiro atoms. The lowest BCUT2D eigenvalue weighted by molar-refractivity contribution is -0.137. The maximum absolute atomic E-state index is 12.0. The average molecular weight is 343 g/mol. The predicted octanol–water partition coefficient (Wildman–Crippen LogP) is 3.12. The Labute approximate surface area is 146 Å². The number of anilines is 1. The van der Waals surface area contributed by atoms with E-state index >= 15 is 0 Å². The van der Waals surface area contributed by atoms with Gasteiger partial charge in [-0.05, 0) is 55.3 Å². The Morgan fingerprint density at radius 2 is 1.72 bits per heavy atom. The number of aliphatic carboxylic acids is 1. The summed E-state index contributed by atoms with van der Waals surface area (Å²) in [6.45, 7) is 2.38. The van der Waals surface area contributed by atoms with E-state index in [9.17, 15) is 9.59 Å². The Hall–Kier alpha value is -3.02. The molecule has 2 aromatic carbocycles. The van der Waals surface area contributed by atoms with Crippen LogP contribution in [0.2, 0.25) is 0 Å². The molecule has 0 aromatic heterocycles. The Morgan fingerprint density at radius 1 is 1.04 bits per heavy atom. The van der Waals surface area contributed by atoms with Crippen LogP contribution in [0.1, 0.15) is 18.9 Å². The van der Waals surface area contributed by atoms with Gasteiger partial charge in [0.15, 0.2) is 6.61 Å². The van der Waals surface area contributed by atoms with Crippen molar-refractivity contribution in [2.24, 2.45) is 0 Å². The van der Waals surface area contributed by atoms with Crippen LogP contribution < -0.4 is 14.8 Å². The van der Waals surface area contributed by atoms with Crippen molar-refractivity contribution >= 4 is 17.6 Å². The van der Waals surface area contributed by atoms with Gasteiger partial charge < -0.3 is 19.9 Å². The summed E-state index contributed by atoms with van der Waals surface area (Å²) in [4.78, 5) is 22.6. The van der Waals surface area contributed by atoms with Crippen LogP contribution in [0.15, 0.2) is 48.5 Å². The number of carboxylic acid groups (broad SMARTS) is 1. The fourth-order valence-corrected chi connectivity index (χ4v) is 2.20. The van der Waals surface area contributed by atoms with Crippen molar-refractivity contribution in [3.05, 3.63) is 54.1 Å². The van der Waals surface area contributed by atoms with Gasteiger partial charge in [-0.25, -0.2) is 0 Å². The summed E-state index contributed by atoms with van der Waals surface area (Å²) < 4.78 is 10.8. The SMILES string of the molecule is CCOc1ccc(OCC(=O)Nc2cccc(CCC(=O)O)c2)cc1. The number of hydrogen-bond donors (Lipinski definition) is 2. The number of nitrogens with one attached hydrogen (secondary N) is 1. The molecule has 6 heteroatoms. The summed E-state index contributed by atoms with van der Waals surface area (Å²) in [5, 5.41) is 11.5. The Morgan fingerprint density at radius 3 is 2.36 bits per heavy atom. The summed E-state index contributed by atoms with van der Waals surface area (Å²) in [6, 6.07) is 14.2. The maximum Gasteiger partial charge on any atom is 0.303 e. The van der Waals surface area contributed by atoms with Crippen LogP contribution in [-0.2, 0) is 16.0 Å². The molecular weight excluding hydrogens is 322 g/mol. The van der Waals surface area contributed by atoms with E-state index in [1.54, 1.807) is 42.5 Å². The minimum absolute atomic E-state index is 0.0538.